The molecule has 2 aromatic rings. The van der Waals surface area contributed by atoms with E-state index in [-0.39, 0.29) is 56.8 Å². The minimum absolute atomic E-state index is 0.0141. The highest BCUT2D eigenvalue weighted by Gasteiger charge is 2.31. The lowest BCUT2D eigenvalue weighted by molar-refractivity contribution is -0.142. The van der Waals surface area contributed by atoms with Gasteiger partial charge in [-0.3, -0.25) is 33.8 Å². The Bertz CT molecular complexity index is 1730. The number of benzene rings is 2. The van der Waals surface area contributed by atoms with E-state index in [9.17, 15) is 43.8 Å². The maximum atomic E-state index is 13.9. The van der Waals surface area contributed by atoms with Gasteiger partial charge in [-0.15, -0.1) is 0 Å². The highest BCUT2D eigenvalue weighted by Crippen LogP contribution is 2.12. The number of nitrogens with two attached hydrogens (primary N) is 4. The number of aliphatic imine (C=N–C) groups is 1. The zero-order valence-corrected chi connectivity index (χ0v) is 34.5. The number of unbranched alkanes of at least 4 members (excludes halogenated alkanes) is 1. The van der Waals surface area contributed by atoms with Gasteiger partial charge in [-0.2, -0.15) is 11.8 Å². The lowest BCUT2D eigenvalue weighted by Gasteiger charge is -2.26. The molecule has 2 rings (SSSR count). The molecular formula is C39H59N11O9S. The van der Waals surface area contributed by atoms with Crippen LogP contribution in [0, 0.1) is 0 Å². The Balaban J connectivity index is 2.12. The van der Waals surface area contributed by atoms with Gasteiger partial charge in [0.2, 0.25) is 35.4 Å². The number of hydrogen-bond donors (Lipinski definition) is 12. The van der Waals surface area contributed by atoms with Crippen molar-refractivity contribution in [3.8, 4) is 5.75 Å². The Labute approximate surface area is 353 Å². The summed E-state index contributed by atoms with van der Waals surface area (Å²) in [5, 5.41) is 34.5. The summed E-state index contributed by atoms with van der Waals surface area (Å²) >= 11 is 1.41. The minimum atomic E-state index is -1.29. The number of phenols is 1. The number of rotatable bonds is 28. The SMILES string of the molecule is CSCCC(NC(=O)C(Cc1ccccc1)NC(=O)CNC(=O)CNC(=O)C(N)Cc1ccc(O)cc1)C(=O)NC(CCCCN)C(=O)NC(CCCN=C(N)N)C(=O)O. The highest BCUT2D eigenvalue weighted by atomic mass is 32.2. The average Bonchev–Trinajstić information content (AvgIpc) is 3.21. The van der Waals surface area contributed by atoms with Gasteiger partial charge in [0.05, 0.1) is 19.1 Å². The molecule has 2 aromatic carbocycles. The Morgan fingerprint density at radius 2 is 1.23 bits per heavy atom. The third kappa shape index (κ3) is 20.2. The Morgan fingerprint density at radius 3 is 1.83 bits per heavy atom. The van der Waals surface area contributed by atoms with E-state index in [0.717, 1.165) is 0 Å². The molecule has 0 saturated carbocycles. The first-order valence-electron chi connectivity index (χ1n) is 19.4. The molecule has 0 bridgehead atoms. The summed E-state index contributed by atoms with van der Waals surface area (Å²) in [5.74, 6) is -5.14. The van der Waals surface area contributed by atoms with Crippen LogP contribution in [0.25, 0.3) is 0 Å². The van der Waals surface area contributed by atoms with E-state index < -0.39 is 84.7 Å². The van der Waals surface area contributed by atoms with E-state index in [1.165, 1.54) is 23.9 Å². The second kappa shape index (κ2) is 27.7. The maximum absolute atomic E-state index is 13.9. The van der Waals surface area contributed by atoms with Crippen LogP contribution < -0.4 is 54.8 Å². The van der Waals surface area contributed by atoms with Crippen LogP contribution in [-0.2, 0) is 46.4 Å². The van der Waals surface area contributed by atoms with Crippen LogP contribution in [0.2, 0.25) is 0 Å². The molecule has 5 unspecified atom stereocenters. The summed E-state index contributed by atoms with van der Waals surface area (Å²) in [6.07, 6.45) is 3.49. The number of carbonyl (C=O) groups excluding carboxylic acids is 6. The number of aliphatic carboxylic acids is 1. The molecule has 0 fully saturated rings. The third-order valence-corrected chi connectivity index (χ3v) is 9.56. The molecule has 20 nitrogen and oxygen atoms in total. The fourth-order valence-electron chi connectivity index (χ4n) is 5.67. The smallest absolute Gasteiger partial charge is 0.326 e. The quantitative estimate of drug-likeness (QED) is 0.0243. The maximum Gasteiger partial charge on any atom is 0.326 e. The molecule has 0 aliphatic rings. The fourth-order valence-corrected chi connectivity index (χ4v) is 6.14. The summed E-state index contributed by atoms with van der Waals surface area (Å²) < 4.78 is 0. The van der Waals surface area contributed by atoms with Crippen molar-refractivity contribution < 1.29 is 43.8 Å². The number of hydrogen-bond acceptors (Lipinski definition) is 12. The van der Waals surface area contributed by atoms with E-state index in [1.54, 1.807) is 42.5 Å². The molecule has 0 aliphatic heterocycles. The average molecular weight is 858 g/mol. The van der Waals surface area contributed by atoms with Gasteiger partial charge in [-0.1, -0.05) is 42.5 Å². The van der Waals surface area contributed by atoms with Gasteiger partial charge < -0.3 is 65.0 Å². The number of carboxylic acids is 1. The van der Waals surface area contributed by atoms with E-state index in [1.807, 2.05) is 6.26 Å². The van der Waals surface area contributed by atoms with Gasteiger partial charge in [0.25, 0.3) is 0 Å². The molecule has 330 valence electrons. The molecule has 5 atom stereocenters. The Morgan fingerprint density at radius 1 is 0.667 bits per heavy atom. The standard InChI is InChI=1S/C39H59N11O9S/c1-60-19-16-29(36(56)48-28(10-5-6-17-40)35(55)50-30(38(58)59)11-7-18-44-39(42)43)49-37(57)31(21-24-8-3-2-4-9-24)47-33(53)23-45-32(52)22-46-34(54)27(41)20-25-12-14-26(51)15-13-25/h2-4,8-9,12-15,27-31,51H,5-7,10-11,16-23,40-41H2,1H3,(H,45,52)(H,46,54)(H,47,53)(H,48,56)(H,49,57)(H,50,55)(H,58,59)(H4,42,43,44). The van der Waals surface area contributed by atoms with Crippen molar-refractivity contribution in [2.45, 2.75) is 81.6 Å². The highest BCUT2D eigenvalue weighted by molar-refractivity contribution is 7.98. The number of carbonyl (C=O) groups is 7. The van der Waals surface area contributed by atoms with Crippen LogP contribution >= 0.6 is 11.8 Å². The van der Waals surface area contributed by atoms with Gasteiger partial charge in [0.1, 0.15) is 29.9 Å². The topological polar surface area (TPSA) is 349 Å². The van der Waals surface area contributed by atoms with Crippen molar-refractivity contribution in [3.05, 3.63) is 65.7 Å². The molecule has 0 heterocycles. The van der Waals surface area contributed by atoms with Gasteiger partial charge >= 0.3 is 5.97 Å². The molecule has 60 heavy (non-hydrogen) atoms. The number of amides is 6. The van der Waals surface area contributed by atoms with Crippen LogP contribution in [-0.4, -0.2) is 126 Å². The van der Waals surface area contributed by atoms with Crippen molar-refractivity contribution >= 4 is 59.1 Å². The number of nitrogens with one attached hydrogen (secondary N) is 6. The first kappa shape index (κ1) is 50.2. The summed E-state index contributed by atoms with van der Waals surface area (Å²) in [4.78, 5) is 94.9. The van der Waals surface area contributed by atoms with Crippen molar-refractivity contribution in [3.63, 3.8) is 0 Å². The molecule has 0 aromatic heterocycles. The van der Waals surface area contributed by atoms with Gasteiger partial charge in [-0.25, -0.2) is 4.79 Å². The molecule has 0 radical (unpaired) electrons. The summed E-state index contributed by atoms with van der Waals surface area (Å²) in [5.41, 5.74) is 23.6. The second-order valence-electron chi connectivity index (χ2n) is 13.8. The first-order valence-corrected chi connectivity index (χ1v) is 20.8. The van der Waals surface area contributed by atoms with Crippen LogP contribution in [0.4, 0.5) is 0 Å². The molecule has 0 aliphatic carbocycles. The molecule has 21 heteroatoms. The summed E-state index contributed by atoms with van der Waals surface area (Å²) in [7, 11) is 0. The number of aromatic hydroxyl groups is 1. The van der Waals surface area contributed by atoms with Gasteiger partial charge in [-0.05, 0) is 86.8 Å². The number of guanidine groups is 1. The first-order chi connectivity index (χ1) is 28.6. The summed E-state index contributed by atoms with van der Waals surface area (Å²) in [6, 6.07) is 9.11. The number of carboxylic acid groups (broad SMARTS) is 1. The predicted octanol–water partition coefficient (Wildman–Crippen LogP) is -2.30. The van der Waals surface area contributed by atoms with Gasteiger partial charge in [0, 0.05) is 13.0 Å². The molecule has 0 spiro atoms. The van der Waals surface area contributed by atoms with E-state index in [2.05, 4.69) is 36.9 Å². The number of phenolic OH excluding ortho intramolecular Hbond substituents is 1. The minimum Gasteiger partial charge on any atom is -0.508 e. The molecular weight excluding hydrogens is 799 g/mol. The monoisotopic (exact) mass is 857 g/mol. The normalized spacial score (nSPS) is 13.2. The van der Waals surface area contributed by atoms with E-state index in [4.69, 9.17) is 22.9 Å². The van der Waals surface area contributed by atoms with Crippen LogP contribution in [0.5, 0.6) is 5.75 Å². The Kier molecular flexibility index (Phi) is 23.2. The van der Waals surface area contributed by atoms with E-state index in [0.29, 0.717) is 36.3 Å². The van der Waals surface area contributed by atoms with Crippen molar-refractivity contribution in [1.29, 1.82) is 0 Å². The van der Waals surface area contributed by atoms with Crippen molar-refractivity contribution in [2.24, 2.45) is 27.9 Å². The summed E-state index contributed by atoms with van der Waals surface area (Å²) in [6.45, 7) is -0.551. The lowest BCUT2D eigenvalue weighted by atomic mass is 10.0. The molecule has 16 N–H and O–H groups in total. The molecule has 6 amide bonds. The lowest BCUT2D eigenvalue weighted by Crippen LogP contribution is -2.58. The van der Waals surface area contributed by atoms with Crippen LogP contribution in [0.3, 0.4) is 0 Å². The second-order valence-corrected chi connectivity index (χ2v) is 14.8. The molecule has 0 saturated heterocycles. The van der Waals surface area contributed by atoms with E-state index >= 15 is 0 Å². The van der Waals surface area contributed by atoms with Crippen LogP contribution in [0.1, 0.15) is 49.7 Å². The zero-order chi connectivity index (χ0) is 44.5. The van der Waals surface area contributed by atoms with Crippen LogP contribution in [0.15, 0.2) is 59.6 Å². The fraction of sp³-hybridized carbons (Fsp3) is 0.487. The number of nitrogens with zero attached hydrogens (tertiary/aromatic N) is 1. The van der Waals surface area contributed by atoms with Crippen molar-refractivity contribution in [1.82, 2.24) is 31.9 Å². The largest absolute Gasteiger partial charge is 0.508 e. The van der Waals surface area contributed by atoms with Gasteiger partial charge in [0.15, 0.2) is 5.96 Å². The van der Waals surface area contributed by atoms with Crippen molar-refractivity contribution in [2.75, 3.05) is 38.2 Å². The zero-order valence-electron chi connectivity index (χ0n) is 33.7. The predicted molar refractivity (Wildman–Crippen MR) is 227 cm³/mol. The number of thioether (sulfide) groups is 1. The third-order valence-electron chi connectivity index (χ3n) is 8.92. The Hall–Kier alpha value is -5.93.